The minimum absolute atomic E-state index is 0.453. The molecule has 32 heavy (non-hydrogen) atoms. The summed E-state index contributed by atoms with van der Waals surface area (Å²) in [4.78, 5) is 9.47. The van der Waals surface area contributed by atoms with E-state index in [0.717, 1.165) is 56.7 Å². The largest absolute Gasteiger partial charge is 0.369 e. The Morgan fingerprint density at radius 1 is 1.03 bits per heavy atom. The molecule has 2 fully saturated rings. The molecule has 5 nitrogen and oxygen atoms in total. The minimum Gasteiger partial charge on any atom is -0.369 e. The Balaban J connectivity index is 1.25. The molecule has 2 N–H and O–H groups in total. The predicted molar refractivity (Wildman–Crippen MR) is 135 cm³/mol. The maximum atomic E-state index is 6.40. The maximum Gasteiger partial charge on any atom is 0.0908 e. The normalized spacial score (nSPS) is 21.8. The van der Waals surface area contributed by atoms with Crippen molar-refractivity contribution in [2.75, 3.05) is 49.1 Å². The van der Waals surface area contributed by atoms with Crippen molar-refractivity contribution in [2.45, 2.75) is 25.9 Å². The number of fused-ring (bicyclic) bond motifs is 1. The molecule has 0 unspecified atom stereocenters. The molecule has 2 aliphatic heterocycles. The smallest absolute Gasteiger partial charge is 0.0908 e. The van der Waals surface area contributed by atoms with Crippen LogP contribution in [0.1, 0.15) is 18.9 Å². The van der Waals surface area contributed by atoms with Crippen LogP contribution in [0.4, 0.5) is 11.4 Å². The number of hydrogen-bond donors (Lipinski definition) is 2. The zero-order valence-electron chi connectivity index (χ0n) is 18.7. The van der Waals surface area contributed by atoms with Crippen LogP contribution < -0.4 is 20.4 Å². The first-order chi connectivity index (χ1) is 15.7. The van der Waals surface area contributed by atoms with Crippen LogP contribution in [0, 0.1) is 5.92 Å². The Labute approximate surface area is 195 Å². The van der Waals surface area contributed by atoms with Crippen LogP contribution in [0.25, 0.3) is 10.9 Å². The summed E-state index contributed by atoms with van der Waals surface area (Å²) in [7, 11) is 0. The highest BCUT2D eigenvalue weighted by atomic mass is 35.5. The topological polar surface area (TPSA) is 43.4 Å². The van der Waals surface area contributed by atoms with Gasteiger partial charge < -0.3 is 20.4 Å². The zero-order valence-corrected chi connectivity index (χ0v) is 19.5. The van der Waals surface area contributed by atoms with E-state index in [1.807, 2.05) is 18.3 Å². The van der Waals surface area contributed by atoms with Gasteiger partial charge in [-0.05, 0) is 54.3 Å². The minimum atomic E-state index is 0.453. The van der Waals surface area contributed by atoms with Crippen molar-refractivity contribution < 1.29 is 0 Å². The molecule has 3 heterocycles. The molecule has 0 radical (unpaired) electrons. The van der Waals surface area contributed by atoms with Crippen molar-refractivity contribution in [3.63, 3.8) is 0 Å². The first kappa shape index (κ1) is 21.5. The highest BCUT2D eigenvalue weighted by Gasteiger charge is 2.26. The molecule has 0 amide bonds. The molecule has 6 heteroatoms. The quantitative estimate of drug-likeness (QED) is 0.607. The molecule has 2 aromatic carbocycles. The summed E-state index contributed by atoms with van der Waals surface area (Å²) in [5, 5.41) is 9.09. The van der Waals surface area contributed by atoms with Crippen LogP contribution in [0.5, 0.6) is 0 Å². The van der Waals surface area contributed by atoms with E-state index in [-0.39, 0.29) is 0 Å². The lowest BCUT2D eigenvalue weighted by atomic mass is 9.94. The molecule has 168 valence electrons. The van der Waals surface area contributed by atoms with Crippen LogP contribution in [0.15, 0.2) is 54.7 Å². The van der Waals surface area contributed by atoms with Gasteiger partial charge in [-0.2, -0.15) is 0 Å². The van der Waals surface area contributed by atoms with E-state index in [0.29, 0.717) is 17.0 Å². The second-order valence-electron chi connectivity index (χ2n) is 9.19. The number of nitrogens with one attached hydrogen (secondary N) is 2. The lowest BCUT2D eigenvalue weighted by Crippen LogP contribution is -2.48. The predicted octanol–water partition coefficient (Wildman–Crippen LogP) is 4.30. The summed E-state index contributed by atoms with van der Waals surface area (Å²) < 4.78 is 0. The highest BCUT2D eigenvalue weighted by molar-refractivity contribution is 6.35. The molecule has 0 aliphatic carbocycles. The lowest BCUT2D eigenvalue weighted by molar-refractivity contribution is 0.350. The molecule has 2 atom stereocenters. The molecule has 1 aromatic heterocycles. The average Bonchev–Trinajstić information content (AvgIpc) is 2.84. The van der Waals surface area contributed by atoms with E-state index >= 15 is 0 Å². The molecule has 0 spiro atoms. The van der Waals surface area contributed by atoms with E-state index in [1.54, 1.807) is 0 Å². The van der Waals surface area contributed by atoms with Gasteiger partial charge in [-0.1, -0.05) is 30.7 Å². The highest BCUT2D eigenvalue weighted by Crippen LogP contribution is 2.33. The Kier molecular flexibility index (Phi) is 6.49. The van der Waals surface area contributed by atoms with Crippen LogP contribution in [0.2, 0.25) is 5.02 Å². The number of benzene rings is 2. The third kappa shape index (κ3) is 4.70. The van der Waals surface area contributed by atoms with Gasteiger partial charge in [-0.25, -0.2) is 0 Å². The number of halogens is 1. The lowest BCUT2D eigenvalue weighted by Gasteiger charge is -2.39. The first-order valence-electron chi connectivity index (χ1n) is 11.7. The molecular formula is C26H32ClN5. The summed E-state index contributed by atoms with van der Waals surface area (Å²) in [5.41, 5.74) is 4.79. The SMILES string of the molecule is C[C@H]1C[C@@H](NCc2ccc(N3CCNCC3)cc2)CN(c2ccc(Cl)c3ncccc23)C1. The summed E-state index contributed by atoms with van der Waals surface area (Å²) in [6, 6.07) is 17.8. The molecule has 2 aliphatic rings. The van der Waals surface area contributed by atoms with Gasteiger partial charge in [0.05, 0.1) is 10.5 Å². The zero-order chi connectivity index (χ0) is 21.9. The number of piperidine rings is 1. The Morgan fingerprint density at radius 2 is 1.84 bits per heavy atom. The number of aromatic nitrogens is 1. The van der Waals surface area contributed by atoms with E-state index in [4.69, 9.17) is 11.6 Å². The van der Waals surface area contributed by atoms with E-state index in [1.165, 1.54) is 23.4 Å². The Hall–Kier alpha value is -2.34. The fraction of sp³-hybridized carbons (Fsp3) is 0.423. The molecule has 2 saturated heterocycles. The van der Waals surface area contributed by atoms with Gasteiger partial charge in [0.2, 0.25) is 0 Å². The standard InChI is InChI=1S/C26H32ClN5/c1-19-15-21(30-16-20-4-6-22(7-5-20)31-13-11-28-12-14-31)18-32(17-19)25-9-8-24(27)26-23(25)3-2-10-29-26/h2-10,19,21,28,30H,11-18H2,1H3/t19-,21+/m0/s1. The molecule has 3 aromatic rings. The van der Waals surface area contributed by atoms with E-state index in [9.17, 15) is 0 Å². The summed E-state index contributed by atoms with van der Waals surface area (Å²) in [6.07, 6.45) is 3.01. The monoisotopic (exact) mass is 449 g/mol. The summed E-state index contributed by atoms with van der Waals surface area (Å²) in [6.45, 7) is 9.61. The van der Waals surface area contributed by atoms with Crippen molar-refractivity contribution in [3.8, 4) is 0 Å². The fourth-order valence-corrected chi connectivity index (χ4v) is 5.32. The third-order valence-electron chi connectivity index (χ3n) is 6.71. The molecule has 0 bridgehead atoms. The summed E-state index contributed by atoms with van der Waals surface area (Å²) in [5.74, 6) is 0.624. The van der Waals surface area contributed by atoms with Gasteiger partial charge in [0.25, 0.3) is 0 Å². The molecule has 0 saturated carbocycles. The maximum absolute atomic E-state index is 6.40. The van der Waals surface area contributed by atoms with E-state index in [2.05, 4.69) is 68.7 Å². The molecule has 5 rings (SSSR count). The number of hydrogen-bond acceptors (Lipinski definition) is 5. The number of piperazine rings is 1. The van der Waals surface area contributed by atoms with Gasteiger partial charge in [0.15, 0.2) is 0 Å². The van der Waals surface area contributed by atoms with Crippen LogP contribution in [-0.2, 0) is 6.54 Å². The number of rotatable bonds is 5. The molecular weight excluding hydrogens is 418 g/mol. The number of pyridine rings is 1. The van der Waals surface area contributed by atoms with Gasteiger partial charge in [-0.3, -0.25) is 4.98 Å². The Bertz CT molecular complexity index is 1050. The van der Waals surface area contributed by atoms with E-state index < -0.39 is 0 Å². The van der Waals surface area contributed by atoms with Gasteiger partial charge in [0.1, 0.15) is 0 Å². The second-order valence-corrected chi connectivity index (χ2v) is 9.60. The van der Waals surface area contributed by atoms with Crippen molar-refractivity contribution in [1.29, 1.82) is 0 Å². The number of nitrogens with zero attached hydrogens (tertiary/aromatic N) is 3. The van der Waals surface area contributed by atoms with Crippen molar-refractivity contribution in [2.24, 2.45) is 5.92 Å². The van der Waals surface area contributed by atoms with Crippen LogP contribution in [0.3, 0.4) is 0 Å². The second kappa shape index (κ2) is 9.65. The van der Waals surface area contributed by atoms with Crippen molar-refractivity contribution in [3.05, 3.63) is 65.3 Å². The Morgan fingerprint density at radius 3 is 2.66 bits per heavy atom. The van der Waals surface area contributed by atoms with Crippen molar-refractivity contribution in [1.82, 2.24) is 15.6 Å². The summed E-state index contributed by atoms with van der Waals surface area (Å²) >= 11 is 6.40. The van der Waals surface area contributed by atoms with Gasteiger partial charge >= 0.3 is 0 Å². The number of anilines is 2. The third-order valence-corrected chi connectivity index (χ3v) is 7.02. The van der Waals surface area contributed by atoms with Crippen molar-refractivity contribution >= 4 is 33.9 Å². The van der Waals surface area contributed by atoms with Gasteiger partial charge in [-0.15, -0.1) is 0 Å². The fourth-order valence-electron chi connectivity index (χ4n) is 5.10. The average molecular weight is 450 g/mol. The van der Waals surface area contributed by atoms with Gasteiger partial charge in [0, 0.05) is 74.8 Å². The van der Waals surface area contributed by atoms with Crippen LogP contribution in [-0.4, -0.2) is 50.3 Å². The first-order valence-corrected chi connectivity index (χ1v) is 12.1. The van der Waals surface area contributed by atoms with Crippen LogP contribution >= 0.6 is 11.6 Å².